The fourth-order valence-electron chi connectivity index (χ4n) is 5.29. The number of nitrogens with two attached hydrogens (primary N) is 1. The third-order valence-electron chi connectivity index (χ3n) is 8.36. The number of hydrogen-bond donors (Lipinski definition) is 2. The molecule has 1 aliphatic carbocycles. The molecule has 0 aliphatic heterocycles. The molecular formula is C34H36ClF6N9O5S. The Bertz CT molecular complexity index is 2220. The third kappa shape index (κ3) is 10.2. The summed E-state index contributed by atoms with van der Waals surface area (Å²) in [6.45, 7) is 3.17. The van der Waals surface area contributed by atoms with Crippen molar-refractivity contribution in [1.82, 2.24) is 34.2 Å². The first-order valence-electron chi connectivity index (χ1n) is 16.8. The number of aliphatic imine (C=N–C) groups is 1. The van der Waals surface area contributed by atoms with Gasteiger partial charge >= 0.3 is 12.3 Å². The minimum absolute atomic E-state index is 0.00700. The lowest BCUT2D eigenvalue weighted by atomic mass is 9.92. The molecule has 5 rings (SSSR count). The van der Waals surface area contributed by atoms with Gasteiger partial charge in [0.05, 0.1) is 34.4 Å². The van der Waals surface area contributed by atoms with Crippen molar-refractivity contribution >= 4 is 39.6 Å². The molecule has 22 heteroatoms. The van der Waals surface area contributed by atoms with E-state index in [1.165, 1.54) is 30.3 Å². The maximum atomic E-state index is 15.8. The monoisotopic (exact) mass is 831 g/mol. The molecule has 1 aliphatic rings. The molecule has 0 bridgehead atoms. The summed E-state index contributed by atoms with van der Waals surface area (Å²) in [5.74, 6) is -3.29. The Hall–Kier alpha value is -5.18. The lowest BCUT2D eigenvalue weighted by Crippen LogP contribution is -2.47. The molecule has 4 aromatic rings. The van der Waals surface area contributed by atoms with Gasteiger partial charge < -0.3 is 15.8 Å². The van der Waals surface area contributed by atoms with Crippen LogP contribution in [0.1, 0.15) is 74.2 Å². The van der Waals surface area contributed by atoms with Crippen LogP contribution in [0.15, 0.2) is 60.1 Å². The first kappa shape index (κ1) is 42.0. The normalized spacial score (nSPS) is 14.5. The average Bonchev–Trinajstić information content (AvgIpc) is 3.65. The molecule has 0 spiro atoms. The number of benzene rings is 2. The molecule has 2 amide bonds. The maximum absolute atomic E-state index is 15.8. The van der Waals surface area contributed by atoms with E-state index in [9.17, 15) is 40.0 Å². The maximum Gasteiger partial charge on any atom is 0.407 e. The fraction of sp³-hybridized carbons (Fsp3) is 0.412. The van der Waals surface area contributed by atoms with Gasteiger partial charge in [-0.1, -0.05) is 44.5 Å². The van der Waals surface area contributed by atoms with Gasteiger partial charge in [0.15, 0.2) is 11.8 Å². The highest BCUT2D eigenvalue weighted by Crippen LogP contribution is 2.34. The van der Waals surface area contributed by atoms with Crippen LogP contribution in [0, 0.1) is 11.2 Å². The number of ether oxygens (including phenoxy) is 1. The van der Waals surface area contributed by atoms with E-state index in [0.29, 0.717) is 19.3 Å². The van der Waals surface area contributed by atoms with Crippen LogP contribution < -0.4 is 11.1 Å². The number of guanidine groups is 1. The number of alkyl halides is 5. The molecule has 1 fully saturated rings. The molecule has 14 nitrogen and oxygen atoms in total. The minimum Gasteiger partial charge on any atom is -0.447 e. The minimum atomic E-state index is -4.80. The van der Waals surface area contributed by atoms with Gasteiger partial charge in [-0.3, -0.25) is 14.7 Å². The summed E-state index contributed by atoms with van der Waals surface area (Å²) in [6, 6.07) is 5.44. The lowest BCUT2D eigenvalue weighted by molar-refractivity contribution is -0.123. The average molecular weight is 832 g/mol. The van der Waals surface area contributed by atoms with Gasteiger partial charge in [-0.25, -0.2) is 36.0 Å². The molecule has 1 saturated carbocycles. The van der Waals surface area contributed by atoms with E-state index >= 15 is 4.39 Å². The van der Waals surface area contributed by atoms with E-state index < -0.39 is 76.7 Å². The molecule has 302 valence electrons. The van der Waals surface area contributed by atoms with Gasteiger partial charge in [-0.2, -0.15) is 27.5 Å². The third-order valence-corrected chi connectivity index (χ3v) is 10.7. The highest BCUT2D eigenvalue weighted by atomic mass is 35.5. The first-order chi connectivity index (χ1) is 26.2. The first-order valence-corrected chi connectivity index (χ1v) is 18.7. The Morgan fingerprint density at radius 1 is 1.12 bits per heavy atom. The summed E-state index contributed by atoms with van der Waals surface area (Å²) in [6.07, 6.45) is -4.89. The highest BCUT2D eigenvalue weighted by Gasteiger charge is 2.38. The van der Waals surface area contributed by atoms with Crippen LogP contribution in [-0.2, 0) is 14.8 Å². The number of halogens is 7. The van der Waals surface area contributed by atoms with Crippen molar-refractivity contribution in [3.05, 3.63) is 82.9 Å². The van der Waals surface area contributed by atoms with Crippen molar-refractivity contribution in [3.8, 4) is 16.8 Å². The Labute approximate surface area is 321 Å². The number of nitrogens with one attached hydrogen (secondary N) is 1. The smallest absolute Gasteiger partial charge is 0.407 e. The number of alkyl carbamates (subject to hydrolysis) is 1. The van der Waals surface area contributed by atoms with Crippen LogP contribution in [0.25, 0.3) is 16.8 Å². The predicted molar refractivity (Wildman–Crippen MR) is 191 cm³/mol. The number of carbonyl (C=O) groups is 2. The summed E-state index contributed by atoms with van der Waals surface area (Å²) < 4.78 is 114. The van der Waals surface area contributed by atoms with Gasteiger partial charge in [-0.05, 0) is 54.5 Å². The summed E-state index contributed by atoms with van der Waals surface area (Å²) in [5, 5.41) is 8.53. The SMILES string of the molecule is CC(C)(C)CCN=C(N)N(C(=O)c1ccc(-c2cnn(S(=O)(=O)C3CC3)c2)c(F)c1)[C@H](COC(=O)NCC(F)(F)F)c1ccc(Cl)c(-n2ncnc2C(F)F)c1. The number of carbonyl (C=O) groups excluding carboxylic acids is 2. The Balaban J connectivity index is 1.59. The van der Waals surface area contributed by atoms with Crippen LogP contribution in [0.4, 0.5) is 31.1 Å². The quantitative estimate of drug-likeness (QED) is 0.0873. The number of nitrogens with zero attached hydrogens (tertiary/aromatic N) is 7. The molecule has 0 saturated heterocycles. The zero-order valence-electron chi connectivity index (χ0n) is 30.0. The largest absolute Gasteiger partial charge is 0.447 e. The van der Waals surface area contributed by atoms with E-state index in [0.717, 1.165) is 38.5 Å². The Kier molecular flexibility index (Phi) is 12.4. The molecule has 3 N–H and O–H groups in total. The highest BCUT2D eigenvalue weighted by molar-refractivity contribution is 7.90. The number of hydrogen-bond acceptors (Lipinski definition) is 9. The van der Waals surface area contributed by atoms with Crippen LogP contribution in [0.3, 0.4) is 0 Å². The molecular weight excluding hydrogens is 796 g/mol. The summed E-state index contributed by atoms with van der Waals surface area (Å²) in [5.41, 5.74) is 5.65. The van der Waals surface area contributed by atoms with Gasteiger partial charge in [0, 0.05) is 23.2 Å². The van der Waals surface area contributed by atoms with E-state index in [2.05, 4.69) is 20.2 Å². The molecule has 0 radical (unpaired) electrons. The van der Waals surface area contributed by atoms with E-state index in [1.807, 2.05) is 20.8 Å². The van der Waals surface area contributed by atoms with Crippen molar-refractivity contribution in [1.29, 1.82) is 0 Å². The zero-order valence-corrected chi connectivity index (χ0v) is 31.5. The Morgan fingerprint density at radius 2 is 1.84 bits per heavy atom. The number of rotatable bonds is 13. The second-order valence-corrected chi connectivity index (χ2v) is 16.4. The van der Waals surface area contributed by atoms with Crippen molar-refractivity contribution in [2.45, 2.75) is 63.9 Å². The Morgan fingerprint density at radius 3 is 2.46 bits per heavy atom. The number of amides is 2. The van der Waals surface area contributed by atoms with Crippen LogP contribution >= 0.6 is 11.6 Å². The van der Waals surface area contributed by atoms with Gasteiger partial charge in [0.1, 0.15) is 25.3 Å². The molecule has 1 atom stereocenters. The summed E-state index contributed by atoms with van der Waals surface area (Å²) >= 11 is 6.37. The van der Waals surface area contributed by atoms with Gasteiger partial charge in [-0.15, -0.1) is 0 Å². The molecule has 56 heavy (non-hydrogen) atoms. The number of aromatic nitrogens is 5. The van der Waals surface area contributed by atoms with Crippen LogP contribution in [-0.4, -0.2) is 86.4 Å². The van der Waals surface area contributed by atoms with Crippen molar-refractivity contribution in [2.24, 2.45) is 16.1 Å². The van der Waals surface area contributed by atoms with E-state index in [-0.39, 0.29) is 44.9 Å². The van der Waals surface area contributed by atoms with E-state index in [1.54, 1.807) is 5.32 Å². The zero-order chi connectivity index (χ0) is 41.2. The summed E-state index contributed by atoms with van der Waals surface area (Å²) in [7, 11) is -3.77. The molecule has 2 aromatic carbocycles. The molecule has 2 aromatic heterocycles. The standard InChI is InChI=1S/C34H36ClF6N9O5S/c1-33(2,3)10-11-43-31(42)49(30(51)20-4-8-23(25(36)12-20)21-14-46-48(15-21)56(53,54)22-6-7-22)27(16-55-32(52)44-17-34(39,40)41)19-5-9-24(35)26(13-19)50-29(28(37)38)45-18-47-50/h4-5,8-9,12-15,18,22,27-28H,6-7,10-11,16-17H2,1-3H3,(H2,42,43)(H,44,52)/t27-/m1/s1. The van der Waals surface area contributed by atoms with Crippen molar-refractivity contribution in [2.75, 3.05) is 19.7 Å². The van der Waals surface area contributed by atoms with Crippen molar-refractivity contribution in [3.63, 3.8) is 0 Å². The lowest BCUT2D eigenvalue weighted by Gasteiger charge is -2.32. The van der Waals surface area contributed by atoms with Crippen LogP contribution in [0.5, 0.6) is 0 Å². The van der Waals surface area contributed by atoms with Gasteiger partial charge in [0.25, 0.3) is 22.4 Å². The van der Waals surface area contributed by atoms with Crippen LogP contribution in [0.2, 0.25) is 5.02 Å². The van der Waals surface area contributed by atoms with Crippen molar-refractivity contribution < 1.29 is 49.1 Å². The fourth-order valence-corrected chi connectivity index (χ4v) is 6.97. The predicted octanol–water partition coefficient (Wildman–Crippen LogP) is 6.42. The second kappa shape index (κ2) is 16.5. The topological polar surface area (TPSA) is 180 Å². The van der Waals surface area contributed by atoms with Gasteiger partial charge in [0.2, 0.25) is 0 Å². The second-order valence-electron chi connectivity index (χ2n) is 13.9. The summed E-state index contributed by atoms with van der Waals surface area (Å²) in [4.78, 5) is 35.6. The molecule has 2 heterocycles. The van der Waals surface area contributed by atoms with E-state index in [4.69, 9.17) is 22.1 Å². The molecule has 0 unspecified atom stereocenters.